The van der Waals surface area contributed by atoms with E-state index < -0.39 is 0 Å². The maximum absolute atomic E-state index is 13.1. The van der Waals surface area contributed by atoms with E-state index in [-0.39, 0.29) is 11.7 Å². The number of aryl methyl sites for hydroxylation is 2. The zero-order valence-electron chi connectivity index (χ0n) is 15.8. The van der Waals surface area contributed by atoms with Crippen LogP contribution in [0.25, 0.3) is 11.1 Å². The predicted molar refractivity (Wildman–Crippen MR) is 107 cm³/mol. The first kappa shape index (κ1) is 18.0. The molecule has 0 spiro atoms. The topological polar surface area (TPSA) is 47.2 Å². The Bertz CT molecular complexity index is 1140. The number of nitrogens with zero attached hydrogens (tertiary/aromatic N) is 1. The molecule has 5 heteroatoms. The molecule has 0 saturated heterocycles. The second-order valence-electron chi connectivity index (χ2n) is 7.02. The lowest BCUT2D eigenvalue weighted by atomic mass is 10.1. The van der Waals surface area contributed by atoms with Gasteiger partial charge in [0.15, 0.2) is 5.58 Å². The number of amides is 1. The molecular weight excluding hydrogens is 355 g/mol. The van der Waals surface area contributed by atoms with Crippen LogP contribution in [0.3, 0.4) is 0 Å². The van der Waals surface area contributed by atoms with Crippen molar-refractivity contribution in [2.75, 3.05) is 0 Å². The van der Waals surface area contributed by atoms with Crippen LogP contribution in [0.5, 0.6) is 0 Å². The van der Waals surface area contributed by atoms with E-state index in [1.54, 1.807) is 24.5 Å². The molecule has 1 amide bonds. The van der Waals surface area contributed by atoms with E-state index in [1.807, 2.05) is 10.6 Å². The third-order valence-corrected chi connectivity index (χ3v) is 4.95. The second kappa shape index (κ2) is 7.35. The van der Waals surface area contributed by atoms with E-state index in [0.29, 0.717) is 24.4 Å². The summed E-state index contributed by atoms with van der Waals surface area (Å²) in [5, 5.41) is 2.91. The summed E-state index contributed by atoms with van der Waals surface area (Å²) in [5.74, 6) is -0.487. The third kappa shape index (κ3) is 3.56. The number of furan rings is 1. The van der Waals surface area contributed by atoms with Crippen LogP contribution in [0.1, 0.15) is 32.7 Å². The standard InChI is InChI=1S/C23H21FN2O2/c1-15-3-4-16(2)18(11-15)14-26-20-9-10-28-22(20)12-21(26)23(27)25-13-17-5-7-19(24)8-6-17/h3-12H,13-14H2,1-2H3,(H,25,27). The van der Waals surface area contributed by atoms with Crippen LogP contribution >= 0.6 is 0 Å². The molecule has 4 aromatic rings. The smallest absolute Gasteiger partial charge is 0.268 e. The van der Waals surface area contributed by atoms with Gasteiger partial charge in [0.05, 0.1) is 11.8 Å². The van der Waals surface area contributed by atoms with Crippen molar-refractivity contribution in [2.24, 2.45) is 0 Å². The summed E-state index contributed by atoms with van der Waals surface area (Å²) in [6.45, 7) is 5.03. The first-order valence-electron chi connectivity index (χ1n) is 9.17. The third-order valence-electron chi connectivity index (χ3n) is 4.95. The van der Waals surface area contributed by atoms with Crippen molar-refractivity contribution in [3.63, 3.8) is 0 Å². The van der Waals surface area contributed by atoms with Gasteiger partial charge in [-0.2, -0.15) is 0 Å². The van der Waals surface area contributed by atoms with Crippen LogP contribution in [-0.2, 0) is 13.1 Å². The fourth-order valence-corrected chi connectivity index (χ4v) is 3.35. The second-order valence-corrected chi connectivity index (χ2v) is 7.02. The van der Waals surface area contributed by atoms with E-state index in [0.717, 1.165) is 16.6 Å². The Hall–Kier alpha value is -3.34. The van der Waals surface area contributed by atoms with Crippen LogP contribution in [0.4, 0.5) is 4.39 Å². The Kier molecular flexibility index (Phi) is 4.74. The molecule has 2 aromatic carbocycles. The summed E-state index contributed by atoms with van der Waals surface area (Å²) in [7, 11) is 0. The van der Waals surface area contributed by atoms with Crippen molar-refractivity contribution in [1.29, 1.82) is 0 Å². The van der Waals surface area contributed by atoms with Crippen LogP contribution in [0.2, 0.25) is 0 Å². The lowest BCUT2D eigenvalue weighted by Crippen LogP contribution is -2.25. The minimum absolute atomic E-state index is 0.193. The minimum Gasteiger partial charge on any atom is -0.463 e. The van der Waals surface area contributed by atoms with E-state index in [4.69, 9.17) is 4.42 Å². The minimum atomic E-state index is -0.294. The molecule has 0 unspecified atom stereocenters. The van der Waals surface area contributed by atoms with Gasteiger partial charge in [0, 0.05) is 25.2 Å². The fraction of sp³-hybridized carbons (Fsp3) is 0.174. The summed E-state index contributed by atoms with van der Waals surface area (Å²) in [6.07, 6.45) is 1.63. The van der Waals surface area contributed by atoms with Gasteiger partial charge in [0.25, 0.3) is 5.91 Å². The van der Waals surface area contributed by atoms with Gasteiger partial charge in [-0.25, -0.2) is 4.39 Å². The number of hydrogen-bond acceptors (Lipinski definition) is 2. The first-order chi connectivity index (χ1) is 13.5. The number of aromatic nitrogens is 1. The van der Waals surface area contributed by atoms with Gasteiger partial charge in [0.1, 0.15) is 11.5 Å². The molecule has 0 bridgehead atoms. The van der Waals surface area contributed by atoms with Gasteiger partial charge >= 0.3 is 0 Å². The Morgan fingerprint density at radius 3 is 2.64 bits per heavy atom. The number of benzene rings is 2. The van der Waals surface area contributed by atoms with Gasteiger partial charge < -0.3 is 14.3 Å². The molecule has 28 heavy (non-hydrogen) atoms. The highest BCUT2D eigenvalue weighted by Gasteiger charge is 2.18. The van der Waals surface area contributed by atoms with Gasteiger partial charge in [-0.15, -0.1) is 0 Å². The maximum atomic E-state index is 13.1. The summed E-state index contributed by atoms with van der Waals surface area (Å²) in [6, 6.07) is 16.1. The van der Waals surface area contributed by atoms with E-state index in [9.17, 15) is 9.18 Å². The van der Waals surface area contributed by atoms with Gasteiger partial charge in [-0.05, 0) is 42.7 Å². The zero-order chi connectivity index (χ0) is 19.7. The number of carbonyl (C=O) groups is 1. The molecule has 2 aromatic heterocycles. The molecule has 4 nitrogen and oxygen atoms in total. The van der Waals surface area contributed by atoms with Gasteiger partial charge in [0.2, 0.25) is 0 Å². The molecule has 0 aliphatic rings. The van der Waals surface area contributed by atoms with E-state index in [1.165, 1.54) is 23.3 Å². The Labute approximate surface area is 162 Å². The largest absolute Gasteiger partial charge is 0.463 e. The average Bonchev–Trinajstić information content (AvgIpc) is 3.26. The van der Waals surface area contributed by atoms with Crippen molar-refractivity contribution in [2.45, 2.75) is 26.9 Å². The Morgan fingerprint density at radius 2 is 1.86 bits per heavy atom. The van der Waals surface area contributed by atoms with Crippen molar-refractivity contribution >= 4 is 17.0 Å². The number of fused-ring (bicyclic) bond motifs is 1. The molecule has 0 atom stereocenters. The highest BCUT2D eigenvalue weighted by molar-refractivity contribution is 5.97. The zero-order valence-corrected chi connectivity index (χ0v) is 15.8. The molecular formula is C23H21FN2O2. The van der Waals surface area contributed by atoms with Crippen LogP contribution in [0, 0.1) is 19.7 Å². The maximum Gasteiger partial charge on any atom is 0.268 e. The first-order valence-corrected chi connectivity index (χ1v) is 9.17. The Balaban J connectivity index is 1.62. The van der Waals surface area contributed by atoms with Crippen LogP contribution in [0.15, 0.2) is 65.3 Å². The normalized spacial score (nSPS) is 11.1. The van der Waals surface area contributed by atoms with Gasteiger partial charge in [-0.3, -0.25) is 4.79 Å². The summed E-state index contributed by atoms with van der Waals surface area (Å²) in [5.41, 5.74) is 6.45. The van der Waals surface area contributed by atoms with Crippen molar-refractivity contribution < 1.29 is 13.6 Å². The lowest BCUT2D eigenvalue weighted by molar-refractivity contribution is 0.0942. The number of carbonyl (C=O) groups excluding carboxylic acids is 1. The quantitative estimate of drug-likeness (QED) is 0.535. The molecule has 142 valence electrons. The summed E-state index contributed by atoms with van der Waals surface area (Å²) >= 11 is 0. The predicted octanol–water partition coefficient (Wildman–Crippen LogP) is 4.97. The summed E-state index contributed by atoms with van der Waals surface area (Å²) < 4.78 is 20.5. The van der Waals surface area contributed by atoms with Crippen LogP contribution in [-0.4, -0.2) is 10.5 Å². The lowest BCUT2D eigenvalue weighted by Gasteiger charge is -2.13. The monoisotopic (exact) mass is 376 g/mol. The molecule has 1 N–H and O–H groups in total. The molecule has 0 radical (unpaired) electrons. The number of hydrogen-bond donors (Lipinski definition) is 1. The van der Waals surface area contributed by atoms with Crippen molar-refractivity contribution in [1.82, 2.24) is 9.88 Å². The highest BCUT2D eigenvalue weighted by atomic mass is 19.1. The number of rotatable bonds is 5. The average molecular weight is 376 g/mol. The van der Waals surface area contributed by atoms with E-state index >= 15 is 0 Å². The Morgan fingerprint density at radius 1 is 1.07 bits per heavy atom. The molecule has 2 heterocycles. The molecule has 0 aliphatic carbocycles. The SMILES string of the molecule is Cc1ccc(C)c(Cn2c(C(=O)NCc3ccc(F)cc3)cc3occc32)c1. The molecule has 0 saturated carbocycles. The van der Waals surface area contributed by atoms with E-state index in [2.05, 4.69) is 37.4 Å². The van der Waals surface area contributed by atoms with Crippen molar-refractivity contribution in [3.8, 4) is 0 Å². The molecule has 0 fully saturated rings. The summed E-state index contributed by atoms with van der Waals surface area (Å²) in [4.78, 5) is 12.9. The van der Waals surface area contributed by atoms with Crippen LogP contribution < -0.4 is 5.32 Å². The fourth-order valence-electron chi connectivity index (χ4n) is 3.35. The van der Waals surface area contributed by atoms with Gasteiger partial charge in [-0.1, -0.05) is 35.9 Å². The number of halogens is 1. The van der Waals surface area contributed by atoms with Crippen molar-refractivity contribution in [3.05, 3.63) is 94.6 Å². The molecule has 0 aliphatic heterocycles. The molecule has 4 rings (SSSR count). The highest BCUT2D eigenvalue weighted by Crippen LogP contribution is 2.24. The number of nitrogens with one attached hydrogen (secondary N) is 1.